The molecule has 0 aromatic carbocycles. The molecule has 0 aromatic rings. The van der Waals surface area contributed by atoms with Gasteiger partial charge < -0.3 is 24.8 Å². The number of likely N-dealkylation sites (N-methyl/N-ethyl adjacent to an activating group) is 1. The van der Waals surface area contributed by atoms with Crippen LogP contribution in [0, 0.1) is 5.92 Å². The van der Waals surface area contributed by atoms with E-state index in [1.807, 2.05) is 13.8 Å². The number of carbonyl (C=O) groups is 1. The zero-order valence-electron chi connectivity index (χ0n) is 12.4. The molecule has 0 aliphatic rings. The van der Waals surface area contributed by atoms with E-state index in [-0.39, 0.29) is 11.8 Å². The Labute approximate surface area is 116 Å². The molecule has 0 atom stereocenters. The van der Waals surface area contributed by atoms with E-state index in [0.717, 1.165) is 0 Å². The monoisotopic (exact) mass is 276 g/mol. The minimum Gasteiger partial charge on any atom is -0.378 e. The topological polar surface area (TPSA) is 74.0 Å². The minimum atomic E-state index is 0.0295. The van der Waals surface area contributed by atoms with Gasteiger partial charge in [0.05, 0.1) is 39.6 Å². The minimum absolute atomic E-state index is 0.0295. The van der Waals surface area contributed by atoms with Crippen molar-refractivity contribution in [3.05, 3.63) is 0 Å². The molecular formula is C13H28N2O4. The lowest BCUT2D eigenvalue weighted by Gasteiger charge is -2.19. The number of hydrogen-bond donors (Lipinski definition) is 1. The molecule has 6 nitrogen and oxygen atoms in total. The standard InChI is InChI=1S/C13H28N2O4/c1-12(2)13(16)15(3)5-7-18-9-11-19-10-8-17-6-4-14/h12H,4-11,14H2,1-3H3. The third kappa shape index (κ3) is 10.9. The summed E-state index contributed by atoms with van der Waals surface area (Å²) in [6.07, 6.45) is 0. The van der Waals surface area contributed by atoms with Crippen LogP contribution in [0.3, 0.4) is 0 Å². The van der Waals surface area contributed by atoms with Crippen molar-refractivity contribution < 1.29 is 19.0 Å². The largest absolute Gasteiger partial charge is 0.378 e. The van der Waals surface area contributed by atoms with Gasteiger partial charge in [0.15, 0.2) is 0 Å². The van der Waals surface area contributed by atoms with Crippen LogP contribution in [0.15, 0.2) is 0 Å². The summed E-state index contributed by atoms with van der Waals surface area (Å²) in [5, 5.41) is 0. The predicted octanol–water partition coefficient (Wildman–Crippen LogP) is 0.109. The van der Waals surface area contributed by atoms with Gasteiger partial charge in [-0.1, -0.05) is 13.8 Å². The van der Waals surface area contributed by atoms with Crippen molar-refractivity contribution in [1.29, 1.82) is 0 Å². The Morgan fingerprint density at radius 2 is 1.47 bits per heavy atom. The van der Waals surface area contributed by atoms with E-state index in [4.69, 9.17) is 19.9 Å². The van der Waals surface area contributed by atoms with E-state index >= 15 is 0 Å². The fourth-order valence-electron chi connectivity index (χ4n) is 1.38. The maximum Gasteiger partial charge on any atom is 0.224 e. The zero-order chi connectivity index (χ0) is 14.5. The van der Waals surface area contributed by atoms with E-state index in [1.165, 1.54) is 0 Å². The second-order valence-electron chi connectivity index (χ2n) is 4.54. The second-order valence-corrected chi connectivity index (χ2v) is 4.54. The maximum absolute atomic E-state index is 11.6. The molecule has 0 unspecified atom stereocenters. The normalized spacial score (nSPS) is 11.0. The third-order valence-corrected chi connectivity index (χ3v) is 2.45. The van der Waals surface area contributed by atoms with Crippen LogP contribution in [-0.4, -0.2) is 70.6 Å². The molecule has 0 aliphatic heterocycles. The zero-order valence-corrected chi connectivity index (χ0v) is 12.4. The van der Waals surface area contributed by atoms with E-state index < -0.39 is 0 Å². The molecule has 0 saturated carbocycles. The summed E-state index contributed by atoms with van der Waals surface area (Å²) in [7, 11) is 1.79. The third-order valence-electron chi connectivity index (χ3n) is 2.45. The summed E-state index contributed by atoms with van der Waals surface area (Å²) >= 11 is 0. The Balaban J connectivity index is 3.25. The lowest BCUT2D eigenvalue weighted by atomic mass is 10.2. The van der Waals surface area contributed by atoms with Gasteiger partial charge in [0.25, 0.3) is 0 Å². The average molecular weight is 276 g/mol. The van der Waals surface area contributed by atoms with E-state index in [9.17, 15) is 4.79 Å². The number of carbonyl (C=O) groups excluding carboxylic acids is 1. The molecular weight excluding hydrogens is 248 g/mol. The van der Waals surface area contributed by atoms with Gasteiger partial charge in [0.2, 0.25) is 5.91 Å². The quantitative estimate of drug-likeness (QED) is 0.512. The first-order valence-corrected chi connectivity index (χ1v) is 6.77. The van der Waals surface area contributed by atoms with Gasteiger partial charge in [-0.3, -0.25) is 4.79 Å². The number of ether oxygens (including phenoxy) is 3. The highest BCUT2D eigenvalue weighted by atomic mass is 16.5. The molecule has 0 rings (SSSR count). The Morgan fingerprint density at radius 1 is 1.00 bits per heavy atom. The molecule has 114 valence electrons. The lowest BCUT2D eigenvalue weighted by Crippen LogP contribution is -2.33. The summed E-state index contributed by atoms with van der Waals surface area (Å²) < 4.78 is 15.8. The van der Waals surface area contributed by atoms with Gasteiger partial charge in [0.1, 0.15) is 0 Å². The molecule has 2 N–H and O–H groups in total. The molecule has 0 aromatic heterocycles. The number of hydrogen-bond acceptors (Lipinski definition) is 5. The van der Waals surface area contributed by atoms with Crippen molar-refractivity contribution in [3.8, 4) is 0 Å². The molecule has 6 heteroatoms. The molecule has 0 bridgehead atoms. The van der Waals surface area contributed by atoms with Crippen LogP contribution < -0.4 is 5.73 Å². The molecule has 0 aliphatic carbocycles. The summed E-state index contributed by atoms with van der Waals surface area (Å²) in [6.45, 7) is 8.19. The average Bonchev–Trinajstić information content (AvgIpc) is 2.39. The van der Waals surface area contributed by atoms with Crippen LogP contribution >= 0.6 is 0 Å². The van der Waals surface area contributed by atoms with E-state index in [0.29, 0.717) is 52.7 Å². The first kappa shape index (κ1) is 18.3. The summed E-state index contributed by atoms with van der Waals surface area (Å²) in [4.78, 5) is 13.2. The van der Waals surface area contributed by atoms with Crippen LogP contribution in [-0.2, 0) is 19.0 Å². The molecule has 1 amide bonds. The molecule has 19 heavy (non-hydrogen) atoms. The van der Waals surface area contributed by atoms with Gasteiger partial charge in [-0.15, -0.1) is 0 Å². The highest BCUT2D eigenvalue weighted by Gasteiger charge is 2.11. The fourth-order valence-corrected chi connectivity index (χ4v) is 1.38. The maximum atomic E-state index is 11.6. The van der Waals surface area contributed by atoms with E-state index in [1.54, 1.807) is 11.9 Å². The van der Waals surface area contributed by atoms with Crippen LogP contribution in [0.1, 0.15) is 13.8 Å². The van der Waals surface area contributed by atoms with Crippen LogP contribution in [0.5, 0.6) is 0 Å². The van der Waals surface area contributed by atoms with Crippen molar-refractivity contribution in [2.45, 2.75) is 13.8 Å². The first-order chi connectivity index (χ1) is 9.09. The number of rotatable bonds is 12. The summed E-state index contributed by atoms with van der Waals surface area (Å²) in [6, 6.07) is 0. The van der Waals surface area contributed by atoms with Crippen molar-refractivity contribution in [2.24, 2.45) is 11.7 Å². The van der Waals surface area contributed by atoms with Crippen molar-refractivity contribution >= 4 is 5.91 Å². The smallest absolute Gasteiger partial charge is 0.224 e. The molecule has 0 heterocycles. The number of amides is 1. The summed E-state index contributed by atoms with van der Waals surface area (Å²) in [5.41, 5.74) is 5.27. The molecule has 0 saturated heterocycles. The van der Waals surface area contributed by atoms with Gasteiger partial charge in [-0.2, -0.15) is 0 Å². The number of nitrogens with zero attached hydrogens (tertiary/aromatic N) is 1. The molecule has 0 radical (unpaired) electrons. The van der Waals surface area contributed by atoms with Crippen LogP contribution in [0.2, 0.25) is 0 Å². The fraction of sp³-hybridized carbons (Fsp3) is 0.923. The SMILES string of the molecule is CC(C)C(=O)N(C)CCOCCOCCOCCN. The Kier molecular flexibility index (Phi) is 11.9. The van der Waals surface area contributed by atoms with Gasteiger partial charge in [-0.25, -0.2) is 0 Å². The molecule has 0 fully saturated rings. The van der Waals surface area contributed by atoms with Gasteiger partial charge in [-0.05, 0) is 0 Å². The Morgan fingerprint density at radius 3 is 1.95 bits per heavy atom. The summed E-state index contributed by atoms with van der Waals surface area (Å²) in [5.74, 6) is 0.166. The Bertz CT molecular complexity index is 225. The predicted molar refractivity (Wildman–Crippen MR) is 74.0 cm³/mol. The van der Waals surface area contributed by atoms with E-state index in [2.05, 4.69) is 0 Å². The van der Waals surface area contributed by atoms with Crippen molar-refractivity contribution in [3.63, 3.8) is 0 Å². The van der Waals surface area contributed by atoms with Crippen LogP contribution in [0.25, 0.3) is 0 Å². The Hall–Kier alpha value is -0.690. The van der Waals surface area contributed by atoms with Crippen LogP contribution in [0.4, 0.5) is 0 Å². The van der Waals surface area contributed by atoms with Gasteiger partial charge in [0, 0.05) is 26.1 Å². The molecule has 0 spiro atoms. The number of nitrogens with two attached hydrogens (primary N) is 1. The highest BCUT2D eigenvalue weighted by molar-refractivity contribution is 5.77. The lowest BCUT2D eigenvalue weighted by molar-refractivity contribution is -0.133. The van der Waals surface area contributed by atoms with Gasteiger partial charge >= 0.3 is 0 Å². The second kappa shape index (κ2) is 12.3. The highest BCUT2D eigenvalue weighted by Crippen LogP contribution is 1.98. The van der Waals surface area contributed by atoms with Crippen molar-refractivity contribution in [1.82, 2.24) is 4.90 Å². The first-order valence-electron chi connectivity index (χ1n) is 6.77. The van der Waals surface area contributed by atoms with Crippen molar-refractivity contribution in [2.75, 3.05) is 59.8 Å².